The molecule has 9 nitrogen and oxygen atoms in total. The number of nitrogens with zero attached hydrogens (tertiary/aromatic N) is 3. The fourth-order valence-corrected chi connectivity index (χ4v) is 5.33. The van der Waals surface area contributed by atoms with Gasteiger partial charge in [-0.3, -0.25) is 25.1 Å². The molecule has 12 heteroatoms. The van der Waals surface area contributed by atoms with Crippen molar-refractivity contribution in [1.82, 2.24) is 15.0 Å². The van der Waals surface area contributed by atoms with Crippen LogP contribution in [0, 0.1) is 21.8 Å². The zero-order chi connectivity index (χ0) is 27.7. The van der Waals surface area contributed by atoms with Gasteiger partial charge >= 0.3 is 0 Å². The van der Waals surface area contributed by atoms with E-state index in [4.69, 9.17) is 27.9 Å². The molecule has 1 amide bonds. The van der Waals surface area contributed by atoms with Crippen LogP contribution in [0.25, 0.3) is 10.9 Å². The fraction of sp³-hybridized carbons (Fsp3) is 0.407. The maximum absolute atomic E-state index is 14.2. The van der Waals surface area contributed by atoms with E-state index in [-0.39, 0.29) is 32.7 Å². The Morgan fingerprint density at radius 1 is 1.13 bits per heavy atom. The summed E-state index contributed by atoms with van der Waals surface area (Å²) < 4.78 is 21.7. The molecular weight excluding hydrogens is 550 g/mol. The van der Waals surface area contributed by atoms with E-state index in [0.29, 0.717) is 36.9 Å². The Kier molecular flexibility index (Phi) is 8.06. The number of nitrogens with one attached hydrogen (secondary N) is 1. The lowest BCUT2D eigenvalue weighted by Crippen LogP contribution is -2.47. The van der Waals surface area contributed by atoms with Crippen LogP contribution in [0.2, 0.25) is 10.0 Å². The van der Waals surface area contributed by atoms with Crippen LogP contribution in [-0.4, -0.2) is 40.1 Å². The number of amides is 1. The zero-order valence-electron chi connectivity index (χ0n) is 21.0. The summed E-state index contributed by atoms with van der Waals surface area (Å²) in [4.78, 5) is 36.7. The molecule has 0 bridgehead atoms. The van der Waals surface area contributed by atoms with Gasteiger partial charge in [-0.25, -0.2) is 9.40 Å². The number of piperidine rings is 1. The summed E-state index contributed by atoms with van der Waals surface area (Å²) in [5, 5.41) is 13.0. The van der Waals surface area contributed by atoms with Gasteiger partial charge in [-0.05, 0) is 68.7 Å². The molecule has 1 aliphatic heterocycles. The van der Waals surface area contributed by atoms with E-state index in [9.17, 15) is 24.1 Å². The molecule has 1 saturated carbocycles. The van der Waals surface area contributed by atoms with Crippen molar-refractivity contribution in [3.63, 3.8) is 0 Å². The van der Waals surface area contributed by atoms with Crippen LogP contribution in [0.15, 0.2) is 41.3 Å². The van der Waals surface area contributed by atoms with Crippen molar-refractivity contribution in [2.24, 2.45) is 5.92 Å². The monoisotopic (exact) mass is 576 g/mol. The number of aromatic nitrogens is 1. The van der Waals surface area contributed by atoms with Gasteiger partial charge in [-0.1, -0.05) is 23.2 Å². The van der Waals surface area contributed by atoms with Gasteiger partial charge in [0.1, 0.15) is 22.2 Å². The Morgan fingerprint density at radius 3 is 2.56 bits per heavy atom. The normalized spacial score (nSPS) is 16.4. The van der Waals surface area contributed by atoms with Crippen LogP contribution < -0.4 is 15.6 Å². The highest BCUT2D eigenvalue weighted by atomic mass is 35.5. The molecule has 2 fully saturated rings. The molecule has 5 rings (SSSR count). The minimum absolute atomic E-state index is 0.0159. The third-order valence-electron chi connectivity index (χ3n) is 7.27. The molecule has 2 heterocycles. The minimum atomic E-state index is -0.692. The second-order valence-electron chi connectivity index (χ2n) is 10.0. The van der Waals surface area contributed by atoms with Gasteiger partial charge < -0.3 is 9.30 Å². The van der Waals surface area contributed by atoms with E-state index >= 15 is 0 Å². The highest BCUT2D eigenvalue weighted by Gasteiger charge is 2.28. The van der Waals surface area contributed by atoms with Crippen LogP contribution >= 0.6 is 23.2 Å². The van der Waals surface area contributed by atoms with Crippen molar-refractivity contribution in [1.29, 1.82) is 0 Å². The van der Waals surface area contributed by atoms with Crippen LogP contribution in [0.4, 0.5) is 10.1 Å². The Bertz CT molecular complexity index is 1490. The Morgan fingerprint density at radius 2 is 1.87 bits per heavy atom. The molecule has 1 aliphatic carbocycles. The van der Waals surface area contributed by atoms with Gasteiger partial charge in [-0.15, -0.1) is 0 Å². The maximum Gasteiger partial charge on any atom is 0.291 e. The molecule has 1 saturated heterocycles. The summed E-state index contributed by atoms with van der Waals surface area (Å²) in [5.41, 5.74) is 2.67. The predicted molar refractivity (Wildman–Crippen MR) is 146 cm³/mol. The summed E-state index contributed by atoms with van der Waals surface area (Å²) in [7, 11) is 0. The Hall–Kier alpha value is -3.21. The predicted octanol–water partition coefficient (Wildman–Crippen LogP) is 5.91. The van der Waals surface area contributed by atoms with Gasteiger partial charge in [-0.2, -0.15) is 0 Å². The minimum Gasteiger partial charge on any atom is -0.493 e. The zero-order valence-corrected chi connectivity index (χ0v) is 22.5. The van der Waals surface area contributed by atoms with Crippen LogP contribution in [0.3, 0.4) is 0 Å². The smallest absolute Gasteiger partial charge is 0.291 e. The number of rotatable bonds is 9. The van der Waals surface area contributed by atoms with E-state index in [1.165, 1.54) is 18.2 Å². The van der Waals surface area contributed by atoms with Crippen molar-refractivity contribution in [2.75, 3.05) is 19.7 Å². The molecule has 2 aliphatic rings. The molecule has 0 atom stereocenters. The number of carbonyl (C=O) groups is 1. The number of ether oxygens (including phenoxy) is 1. The SMILES string of the molecule is O=C(NN1CCC(CCCOc2ccc(Cl)c([N+](=O)[O-])c2)CC1)c1cn(C2CC2)c2cc(Cl)c(F)cc2c1=O. The van der Waals surface area contributed by atoms with Crippen LogP contribution in [0.5, 0.6) is 5.75 Å². The van der Waals surface area contributed by atoms with E-state index in [1.54, 1.807) is 12.3 Å². The number of nitro groups is 1. The third kappa shape index (κ3) is 6.18. The van der Waals surface area contributed by atoms with E-state index in [1.807, 2.05) is 9.58 Å². The molecule has 0 spiro atoms. The number of halogens is 3. The van der Waals surface area contributed by atoms with Crippen molar-refractivity contribution >= 4 is 45.7 Å². The van der Waals surface area contributed by atoms with E-state index in [2.05, 4.69) is 5.43 Å². The summed E-state index contributed by atoms with van der Waals surface area (Å²) in [5.74, 6) is -0.343. The number of fused-ring (bicyclic) bond motifs is 1. The Balaban J connectivity index is 1.14. The highest BCUT2D eigenvalue weighted by molar-refractivity contribution is 6.32. The molecular formula is C27H27Cl2FN4O5. The number of nitro benzene ring substituents is 1. The summed E-state index contributed by atoms with van der Waals surface area (Å²) in [6, 6.07) is 7.10. The third-order valence-corrected chi connectivity index (χ3v) is 7.88. The van der Waals surface area contributed by atoms with Crippen LogP contribution in [-0.2, 0) is 0 Å². The average Bonchev–Trinajstić information content (AvgIpc) is 3.75. The molecule has 3 aromatic rings. The van der Waals surface area contributed by atoms with E-state index in [0.717, 1.165) is 44.6 Å². The van der Waals surface area contributed by atoms with Crippen molar-refractivity contribution in [2.45, 2.75) is 44.6 Å². The second kappa shape index (κ2) is 11.5. The number of hydrazine groups is 1. The van der Waals surface area contributed by atoms with Crippen molar-refractivity contribution in [3.05, 3.63) is 78.3 Å². The molecule has 0 radical (unpaired) electrons. The molecule has 39 heavy (non-hydrogen) atoms. The first-order valence-electron chi connectivity index (χ1n) is 12.9. The van der Waals surface area contributed by atoms with Crippen LogP contribution in [0.1, 0.15) is 54.9 Å². The van der Waals surface area contributed by atoms with Gasteiger partial charge in [0.2, 0.25) is 5.43 Å². The maximum atomic E-state index is 14.2. The highest BCUT2D eigenvalue weighted by Crippen LogP contribution is 2.37. The molecule has 206 valence electrons. The second-order valence-corrected chi connectivity index (χ2v) is 10.8. The topological polar surface area (TPSA) is 107 Å². The first kappa shape index (κ1) is 27.4. The lowest BCUT2D eigenvalue weighted by Gasteiger charge is -2.32. The average molecular weight is 577 g/mol. The van der Waals surface area contributed by atoms with Crippen molar-refractivity contribution < 1.29 is 18.8 Å². The largest absolute Gasteiger partial charge is 0.493 e. The summed E-state index contributed by atoms with van der Waals surface area (Å²) in [6.45, 7) is 1.70. The standard InChI is InChI=1S/C27H27Cl2FN4O5/c28-21-6-5-18(12-25(21)34(37)38)39-11-1-2-16-7-9-32(10-8-16)31-27(36)20-15-33(17-3-4-17)24-14-22(29)23(30)13-19(24)26(20)35/h5-6,12-17H,1-4,7-11H2,(H,31,36). The number of pyridine rings is 1. The number of hydrogen-bond donors (Lipinski definition) is 1. The van der Waals surface area contributed by atoms with Gasteiger partial charge in [0.05, 0.1) is 28.1 Å². The number of hydrogen-bond acceptors (Lipinski definition) is 6. The Labute approximate surface area is 233 Å². The van der Waals surface area contributed by atoms with Gasteiger partial charge in [0.25, 0.3) is 11.6 Å². The quantitative estimate of drug-likeness (QED) is 0.193. The number of carbonyl (C=O) groups excluding carboxylic acids is 1. The lowest BCUT2D eigenvalue weighted by atomic mass is 9.93. The fourth-order valence-electron chi connectivity index (χ4n) is 4.98. The van der Waals surface area contributed by atoms with Crippen molar-refractivity contribution in [3.8, 4) is 5.75 Å². The lowest BCUT2D eigenvalue weighted by molar-refractivity contribution is -0.384. The number of benzene rings is 2. The summed E-state index contributed by atoms with van der Waals surface area (Å²) >= 11 is 11.8. The molecule has 1 N–H and O–H groups in total. The first-order chi connectivity index (χ1) is 18.7. The summed E-state index contributed by atoms with van der Waals surface area (Å²) in [6.07, 6.45) is 6.83. The molecule has 1 aromatic heterocycles. The molecule has 2 aromatic carbocycles. The van der Waals surface area contributed by atoms with Gasteiger partial charge in [0.15, 0.2) is 0 Å². The molecule has 0 unspecified atom stereocenters. The van der Waals surface area contributed by atoms with E-state index < -0.39 is 22.1 Å². The van der Waals surface area contributed by atoms with Gasteiger partial charge in [0, 0.05) is 30.7 Å². The first-order valence-corrected chi connectivity index (χ1v) is 13.6.